The van der Waals surface area contributed by atoms with Crippen LogP contribution in [0.25, 0.3) is 0 Å². The van der Waals surface area contributed by atoms with Crippen molar-refractivity contribution >= 4 is 101 Å². The van der Waals surface area contributed by atoms with Crippen LogP contribution < -0.4 is 0 Å². The summed E-state index contributed by atoms with van der Waals surface area (Å²) in [5, 5.41) is 0. The molecule has 0 fully saturated rings. The Labute approximate surface area is 214 Å². The molecule has 0 atom stereocenters. The minimum Gasteiger partial charge on any atom is -0.175 e. The number of thiol groups is 8. The molecule has 28 heavy (non-hydrogen) atoms. The molecular weight excluding hydrogens is 497 g/mol. The van der Waals surface area contributed by atoms with Crippen LogP contribution in [0.2, 0.25) is 0 Å². The van der Waals surface area contributed by atoms with Crippen LogP contribution in [0.15, 0.2) is 24.3 Å². The van der Waals surface area contributed by atoms with Crippen molar-refractivity contribution in [2.75, 3.05) is 0 Å². The summed E-state index contributed by atoms with van der Waals surface area (Å²) < 4.78 is 0. The lowest BCUT2D eigenvalue weighted by molar-refractivity contribution is 1.17. The van der Waals surface area contributed by atoms with Gasteiger partial charge in [-0.1, -0.05) is 24.3 Å². The van der Waals surface area contributed by atoms with Crippen LogP contribution in [0.3, 0.4) is 0 Å². The summed E-state index contributed by atoms with van der Waals surface area (Å²) in [4.78, 5) is 0. The number of rotatable bonds is 8. The second kappa shape index (κ2) is 15.1. The zero-order valence-corrected chi connectivity index (χ0v) is 22.7. The van der Waals surface area contributed by atoms with Crippen molar-refractivity contribution in [3.8, 4) is 0 Å². The molecule has 2 rings (SSSR count). The van der Waals surface area contributed by atoms with Crippen LogP contribution in [-0.4, -0.2) is 0 Å². The third kappa shape index (κ3) is 7.43. The third-order valence-corrected chi connectivity index (χ3v) is 7.13. The molecule has 0 bridgehead atoms. The zero-order valence-electron chi connectivity index (χ0n) is 15.5. The minimum atomic E-state index is 0.743. The summed E-state index contributed by atoms with van der Waals surface area (Å²) in [6, 6.07) is 8.52. The van der Waals surface area contributed by atoms with Crippen LogP contribution in [0.1, 0.15) is 44.5 Å². The van der Waals surface area contributed by atoms with E-state index >= 15 is 0 Å². The molecule has 0 aliphatic carbocycles. The summed E-state index contributed by atoms with van der Waals surface area (Å²) in [7, 11) is 0. The highest BCUT2D eigenvalue weighted by Gasteiger charge is 2.09. The fraction of sp³-hybridized carbons (Fsp3) is 0.400. The molecule has 0 aromatic heterocycles. The Morgan fingerprint density at radius 3 is 1.00 bits per heavy atom. The van der Waals surface area contributed by atoms with Crippen molar-refractivity contribution in [3.63, 3.8) is 0 Å². The standard InChI is InChI=1S/2C10H14S4/c11-3-7-1-8(4-12)10(6-14)9(2-7)5-13;11-3-7-1-2-8(4-12)10(6-14)9(7)5-13/h2*1-2,11-14H,3-6H2. The highest BCUT2D eigenvalue weighted by molar-refractivity contribution is 7.80. The predicted molar refractivity (Wildman–Crippen MR) is 154 cm³/mol. The first-order valence-electron chi connectivity index (χ1n) is 8.67. The van der Waals surface area contributed by atoms with E-state index in [1.54, 1.807) is 0 Å². The molecule has 156 valence electrons. The Hall–Kier alpha value is 1.24. The van der Waals surface area contributed by atoms with Crippen LogP contribution in [0.5, 0.6) is 0 Å². The maximum atomic E-state index is 4.35. The summed E-state index contributed by atoms with van der Waals surface area (Å²) in [6.07, 6.45) is 0. The van der Waals surface area contributed by atoms with E-state index in [0.717, 1.165) is 46.0 Å². The van der Waals surface area contributed by atoms with Gasteiger partial charge in [-0.3, -0.25) is 0 Å². The number of hydrogen-bond acceptors (Lipinski definition) is 8. The van der Waals surface area contributed by atoms with E-state index in [2.05, 4.69) is 125 Å². The van der Waals surface area contributed by atoms with E-state index in [1.165, 1.54) is 44.5 Å². The van der Waals surface area contributed by atoms with Crippen molar-refractivity contribution in [1.29, 1.82) is 0 Å². The monoisotopic (exact) mass is 524 g/mol. The predicted octanol–water partition coefficient (Wildman–Crippen LogP) is 6.81. The van der Waals surface area contributed by atoms with Gasteiger partial charge in [0.15, 0.2) is 0 Å². The molecule has 0 saturated carbocycles. The van der Waals surface area contributed by atoms with Gasteiger partial charge in [0.25, 0.3) is 0 Å². The summed E-state index contributed by atoms with van der Waals surface area (Å²) in [5.74, 6) is 6.00. The summed E-state index contributed by atoms with van der Waals surface area (Å²) in [5.41, 5.74) is 10.0. The Balaban J connectivity index is 0.000000280. The topological polar surface area (TPSA) is 0 Å². The quantitative estimate of drug-likeness (QED) is 0.171. The van der Waals surface area contributed by atoms with Gasteiger partial charge in [0.1, 0.15) is 0 Å². The highest BCUT2D eigenvalue weighted by Crippen LogP contribution is 2.25. The molecular formula is C20H28S8. The van der Waals surface area contributed by atoms with Gasteiger partial charge in [0.2, 0.25) is 0 Å². The first-order chi connectivity index (χ1) is 13.5. The van der Waals surface area contributed by atoms with E-state index in [0.29, 0.717) is 0 Å². The molecule has 0 radical (unpaired) electrons. The van der Waals surface area contributed by atoms with Gasteiger partial charge < -0.3 is 0 Å². The fourth-order valence-electron chi connectivity index (χ4n) is 2.93. The molecule has 0 aliphatic heterocycles. The Kier molecular flexibility index (Phi) is 14.7. The second-order valence-corrected chi connectivity index (χ2v) is 8.53. The second-order valence-electron chi connectivity index (χ2n) is 6.00. The molecule has 0 nitrogen and oxygen atoms in total. The van der Waals surface area contributed by atoms with Gasteiger partial charge in [-0.15, -0.1) is 0 Å². The van der Waals surface area contributed by atoms with E-state index in [4.69, 9.17) is 0 Å². The Morgan fingerprint density at radius 1 is 0.393 bits per heavy atom. The SMILES string of the molecule is SCc1cc(CS)c(CS)c(CS)c1.SCc1ccc(CS)c(CS)c1CS. The van der Waals surface area contributed by atoms with E-state index in [-0.39, 0.29) is 0 Å². The molecule has 0 amide bonds. The first-order valence-corrected chi connectivity index (χ1v) is 13.7. The molecule has 2 aromatic carbocycles. The lowest BCUT2D eigenvalue weighted by Crippen LogP contribution is -1.99. The molecule has 0 spiro atoms. The number of benzene rings is 2. The summed E-state index contributed by atoms with van der Waals surface area (Å²) in [6.45, 7) is 0. The maximum Gasteiger partial charge on any atom is 0.0160 e. The van der Waals surface area contributed by atoms with Crippen molar-refractivity contribution in [3.05, 3.63) is 68.8 Å². The van der Waals surface area contributed by atoms with Gasteiger partial charge in [-0.05, 0) is 44.5 Å². The fourth-order valence-corrected chi connectivity index (χ4v) is 5.46. The van der Waals surface area contributed by atoms with Crippen molar-refractivity contribution in [2.24, 2.45) is 0 Å². The van der Waals surface area contributed by atoms with E-state index in [9.17, 15) is 0 Å². The smallest absolute Gasteiger partial charge is 0.0160 e. The summed E-state index contributed by atoms with van der Waals surface area (Å²) >= 11 is 34.6. The molecule has 0 unspecified atom stereocenters. The van der Waals surface area contributed by atoms with Gasteiger partial charge in [-0.2, -0.15) is 101 Å². The average Bonchev–Trinajstić information content (AvgIpc) is 2.76. The zero-order chi connectivity index (χ0) is 21.1. The molecule has 0 heterocycles. The molecule has 8 heteroatoms. The first kappa shape index (κ1) is 27.3. The van der Waals surface area contributed by atoms with Gasteiger partial charge in [-0.25, -0.2) is 0 Å². The molecule has 0 aliphatic rings. The van der Waals surface area contributed by atoms with Gasteiger partial charge in [0.05, 0.1) is 0 Å². The highest BCUT2D eigenvalue weighted by atomic mass is 32.1. The number of hydrogen-bond donors (Lipinski definition) is 8. The molecule has 0 saturated heterocycles. The van der Waals surface area contributed by atoms with Crippen molar-refractivity contribution in [2.45, 2.75) is 46.0 Å². The molecule has 2 aromatic rings. The van der Waals surface area contributed by atoms with Crippen LogP contribution >= 0.6 is 101 Å². The van der Waals surface area contributed by atoms with Crippen LogP contribution in [0.4, 0.5) is 0 Å². The lowest BCUT2D eigenvalue weighted by atomic mass is 9.99. The largest absolute Gasteiger partial charge is 0.175 e. The van der Waals surface area contributed by atoms with Crippen molar-refractivity contribution in [1.82, 2.24) is 0 Å². The molecule has 0 N–H and O–H groups in total. The van der Waals surface area contributed by atoms with Gasteiger partial charge in [0, 0.05) is 46.0 Å². The Morgan fingerprint density at radius 2 is 0.750 bits per heavy atom. The lowest BCUT2D eigenvalue weighted by Gasteiger charge is -2.14. The minimum absolute atomic E-state index is 0.743. The average molecular weight is 525 g/mol. The Bertz CT molecular complexity index is 689. The van der Waals surface area contributed by atoms with Crippen LogP contribution in [0, 0.1) is 0 Å². The van der Waals surface area contributed by atoms with E-state index in [1.807, 2.05) is 0 Å². The maximum absolute atomic E-state index is 4.35. The third-order valence-electron chi connectivity index (χ3n) is 4.46. The van der Waals surface area contributed by atoms with Crippen LogP contribution in [-0.2, 0) is 46.0 Å². The van der Waals surface area contributed by atoms with E-state index < -0.39 is 0 Å². The van der Waals surface area contributed by atoms with Gasteiger partial charge >= 0.3 is 0 Å². The van der Waals surface area contributed by atoms with Crippen molar-refractivity contribution < 1.29 is 0 Å². The normalized spacial score (nSPS) is 10.6.